The van der Waals surface area contributed by atoms with Crippen molar-refractivity contribution in [2.45, 2.75) is 31.5 Å². The van der Waals surface area contributed by atoms with Gasteiger partial charge >= 0.3 is 0 Å². The molecule has 0 unspecified atom stereocenters. The molecule has 0 saturated heterocycles. The van der Waals surface area contributed by atoms with E-state index in [4.69, 9.17) is 10.5 Å². The molecule has 0 fully saturated rings. The number of aliphatic imine (C=N–C) groups is 1. The number of rotatable bonds is 4. The monoisotopic (exact) mass is 336 g/mol. The fraction of sp³-hybridized carbons (Fsp3) is 0.353. The Morgan fingerprint density at radius 3 is 2.87 bits per heavy atom. The first-order valence-corrected chi connectivity index (χ1v) is 8.35. The minimum Gasteiger partial charge on any atom is -0.462 e. The number of benzene rings is 1. The second-order valence-corrected chi connectivity index (χ2v) is 6.60. The number of hydrogen-bond donors (Lipinski definition) is 1. The average molecular weight is 336 g/mol. The van der Waals surface area contributed by atoms with E-state index in [9.17, 15) is 8.78 Å². The second-order valence-electron chi connectivity index (χ2n) is 5.82. The largest absolute Gasteiger partial charge is 0.462 e. The first-order valence-electron chi connectivity index (χ1n) is 7.41. The summed E-state index contributed by atoms with van der Waals surface area (Å²) < 4.78 is 33.6. The zero-order chi connectivity index (χ0) is 16.4. The molecule has 1 aromatic carbocycles. The van der Waals surface area contributed by atoms with Gasteiger partial charge in [-0.2, -0.15) is 11.3 Å². The summed E-state index contributed by atoms with van der Waals surface area (Å²) in [4.78, 5) is 4.04. The molecular formula is C17H18F2N2OS. The highest BCUT2D eigenvalue weighted by Gasteiger charge is 2.42. The molecule has 3 rings (SSSR count). The van der Waals surface area contributed by atoms with Crippen LogP contribution in [0, 0.1) is 5.82 Å². The van der Waals surface area contributed by atoms with Crippen molar-refractivity contribution in [2.24, 2.45) is 10.7 Å². The van der Waals surface area contributed by atoms with E-state index in [2.05, 4.69) is 16.4 Å². The van der Waals surface area contributed by atoms with Crippen LogP contribution in [0.15, 0.2) is 40.0 Å². The lowest BCUT2D eigenvalue weighted by atomic mass is 9.85. The lowest BCUT2D eigenvalue weighted by molar-refractivity contribution is 0.0923. The van der Waals surface area contributed by atoms with Gasteiger partial charge in [0.15, 0.2) is 6.17 Å². The molecular weight excluding hydrogens is 318 g/mol. The zero-order valence-corrected chi connectivity index (χ0v) is 13.6. The molecule has 0 radical (unpaired) electrons. The number of ether oxygens (including phenoxy) is 1. The van der Waals surface area contributed by atoms with Crippen LogP contribution in [-0.4, -0.2) is 18.8 Å². The van der Waals surface area contributed by atoms with Crippen molar-refractivity contribution in [3.8, 4) is 0 Å². The first kappa shape index (κ1) is 15.9. The van der Waals surface area contributed by atoms with E-state index in [0.29, 0.717) is 0 Å². The predicted octanol–water partition coefficient (Wildman–Crippen LogP) is 3.57. The molecule has 1 aliphatic heterocycles. The van der Waals surface area contributed by atoms with E-state index >= 15 is 0 Å². The lowest BCUT2D eigenvalue weighted by Gasteiger charge is -2.33. The number of aryl methyl sites for hydroxylation is 2. The van der Waals surface area contributed by atoms with Crippen molar-refractivity contribution in [3.63, 3.8) is 0 Å². The molecule has 2 atom stereocenters. The molecule has 0 spiro atoms. The number of alkyl halides is 1. The number of nitrogens with zero attached hydrogens (tertiary/aromatic N) is 1. The van der Waals surface area contributed by atoms with Crippen LogP contribution in [-0.2, 0) is 23.1 Å². The summed E-state index contributed by atoms with van der Waals surface area (Å²) in [6.45, 7) is 1.33. The van der Waals surface area contributed by atoms with Gasteiger partial charge in [0.05, 0.1) is 0 Å². The molecule has 2 aromatic rings. The van der Waals surface area contributed by atoms with E-state index in [1.54, 1.807) is 30.4 Å². The minimum atomic E-state index is -1.45. The summed E-state index contributed by atoms with van der Waals surface area (Å²) in [5.41, 5.74) is 6.61. The summed E-state index contributed by atoms with van der Waals surface area (Å²) in [5, 5.41) is 4.12. The Morgan fingerprint density at radius 1 is 1.35 bits per heavy atom. The Hall–Kier alpha value is -1.95. The Morgan fingerprint density at radius 2 is 2.13 bits per heavy atom. The van der Waals surface area contributed by atoms with Crippen LogP contribution in [0.3, 0.4) is 0 Å². The van der Waals surface area contributed by atoms with E-state index < -0.39 is 17.5 Å². The highest BCUT2D eigenvalue weighted by molar-refractivity contribution is 7.07. The summed E-state index contributed by atoms with van der Waals surface area (Å²) in [7, 11) is 0. The highest BCUT2D eigenvalue weighted by atomic mass is 32.1. The van der Waals surface area contributed by atoms with E-state index in [1.165, 1.54) is 11.6 Å². The molecule has 2 heterocycles. The van der Waals surface area contributed by atoms with Crippen LogP contribution >= 0.6 is 11.3 Å². The Bertz CT molecular complexity index is 717. The number of hydrogen-bond acceptors (Lipinski definition) is 4. The summed E-state index contributed by atoms with van der Waals surface area (Å²) in [6, 6.07) is 6.75. The second kappa shape index (κ2) is 6.28. The summed E-state index contributed by atoms with van der Waals surface area (Å²) >= 11 is 1.65. The fourth-order valence-electron chi connectivity index (χ4n) is 2.72. The van der Waals surface area contributed by atoms with Crippen LogP contribution in [0.5, 0.6) is 0 Å². The van der Waals surface area contributed by atoms with Crippen molar-refractivity contribution < 1.29 is 13.5 Å². The minimum absolute atomic E-state index is 0.107. The third kappa shape index (κ3) is 3.22. The van der Waals surface area contributed by atoms with Crippen molar-refractivity contribution in [1.29, 1.82) is 0 Å². The van der Waals surface area contributed by atoms with Crippen molar-refractivity contribution in [2.75, 3.05) is 6.61 Å². The molecule has 122 valence electrons. The van der Waals surface area contributed by atoms with Gasteiger partial charge in [0, 0.05) is 5.56 Å². The van der Waals surface area contributed by atoms with Gasteiger partial charge in [-0.05, 0) is 53.8 Å². The maximum absolute atomic E-state index is 14.4. The maximum atomic E-state index is 14.4. The van der Waals surface area contributed by atoms with Gasteiger partial charge in [-0.1, -0.05) is 12.1 Å². The third-order valence-corrected chi connectivity index (χ3v) is 4.92. The maximum Gasteiger partial charge on any atom is 0.283 e. The van der Waals surface area contributed by atoms with Crippen molar-refractivity contribution in [3.05, 3.63) is 57.5 Å². The number of amidine groups is 1. The van der Waals surface area contributed by atoms with Crippen LogP contribution in [0.1, 0.15) is 23.6 Å². The molecule has 1 aliphatic rings. The average Bonchev–Trinajstić information content (AvgIpc) is 3.04. The molecule has 0 saturated carbocycles. The predicted molar refractivity (Wildman–Crippen MR) is 87.9 cm³/mol. The molecule has 0 aliphatic carbocycles. The van der Waals surface area contributed by atoms with Gasteiger partial charge in [-0.15, -0.1) is 0 Å². The number of nitrogens with two attached hydrogens (primary N) is 1. The van der Waals surface area contributed by atoms with Crippen LogP contribution in [0.4, 0.5) is 8.78 Å². The number of thiophene rings is 1. The fourth-order valence-corrected chi connectivity index (χ4v) is 3.42. The molecule has 0 bridgehead atoms. The van der Waals surface area contributed by atoms with Gasteiger partial charge in [0.25, 0.3) is 6.02 Å². The topological polar surface area (TPSA) is 47.6 Å². The van der Waals surface area contributed by atoms with E-state index in [-0.39, 0.29) is 18.2 Å². The van der Waals surface area contributed by atoms with Crippen molar-refractivity contribution in [1.82, 2.24) is 0 Å². The number of halogens is 2. The molecule has 0 amide bonds. The zero-order valence-electron chi connectivity index (χ0n) is 12.8. The van der Waals surface area contributed by atoms with Crippen LogP contribution in [0.25, 0.3) is 0 Å². The van der Waals surface area contributed by atoms with Gasteiger partial charge in [0.2, 0.25) is 0 Å². The standard InChI is InChI=1S/C17H18F2N2OS/c1-17(15(19)9-22-16(20)21-17)13-8-11(4-5-14(13)18)2-3-12-6-7-23-10-12/h4-8,10,15H,2-3,9H2,1H3,(H2,20,21)/t15-,17+/m0/s1. The Labute approximate surface area is 137 Å². The van der Waals surface area contributed by atoms with E-state index in [1.807, 2.05) is 5.38 Å². The molecule has 6 heteroatoms. The highest BCUT2D eigenvalue weighted by Crippen LogP contribution is 2.36. The van der Waals surface area contributed by atoms with Gasteiger partial charge in [-0.3, -0.25) is 0 Å². The normalized spacial score (nSPS) is 24.1. The Balaban J connectivity index is 1.89. The molecule has 2 N–H and O–H groups in total. The molecule has 3 nitrogen and oxygen atoms in total. The first-order chi connectivity index (χ1) is 11.0. The van der Waals surface area contributed by atoms with Crippen LogP contribution < -0.4 is 5.73 Å². The summed E-state index contributed by atoms with van der Waals surface area (Å²) in [5.74, 6) is -0.479. The van der Waals surface area contributed by atoms with Crippen molar-refractivity contribution >= 4 is 17.4 Å². The van der Waals surface area contributed by atoms with Gasteiger partial charge in [-0.25, -0.2) is 13.8 Å². The lowest BCUT2D eigenvalue weighted by Crippen LogP contribution is -2.43. The summed E-state index contributed by atoms with van der Waals surface area (Å²) in [6.07, 6.45) is 0.169. The van der Waals surface area contributed by atoms with Gasteiger partial charge < -0.3 is 10.5 Å². The van der Waals surface area contributed by atoms with E-state index in [0.717, 1.165) is 18.4 Å². The molecule has 23 heavy (non-hydrogen) atoms. The SMILES string of the molecule is C[C@]1(c2cc(CCc3ccsc3)ccc2F)N=C(N)OC[C@@H]1F. The quantitative estimate of drug-likeness (QED) is 0.928. The van der Waals surface area contributed by atoms with Gasteiger partial charge in [0.1, 0.15) is 18.0 Å². The third-order valence-electron chi connectivity index (χ3n) is 4.19. The smallest absolute Gasteiger partial charge is 0.283 e. The Kier molecular flexibility index (Phi) is 4.35. The molecule has 1 aromatic heterocycles. The van der Waals surface area contributed by atoms with Crippen LogP contribution in [0.2, 0.25) is 0 Å².